The van der Waals surface area contributed by atoms with E-state index in [9.17, 15) is 4.79 Å². The lowest BCUT2D eigenvalue weighted by atomic mass is 10.1. The molecule has 25 heavy (non-hydrogen) atoms. The van der Waals surface area contributed by atoms with Crippen LogP contribution in [0.2, 0.25) is 0 Å². The van der Waals surface area contributed by atoms with Gasteiger partial charge < -0.3 is 14.2 Å². The fourth-order valence-corrected chi connectivity index (χ4v) is 2.25. The number of esters is 1. The summed E-state index contributed by atoms with van der Waals surface area (Å²) in [4.78, 5) is 12.2. The van der Waals surface area contributed by atoms with Gasteiger partial charge in [-0.1, -0.05) is 12.1 Å². The summed E-state index contributed by atoms with van der Waals surface area (Å²) in [7, 11) is 3.11. The number of ether oxygens (including phenoxy) is 3. The van der Waals surface area contributed by atoms with Crippen LogP contribution in [0.1, 0.15) is 10.4 Å². The number of aromatic nitrogens is 2. The molecule has 1 heterocycles. The van der Waals surface area contributed by atoms with Gasteiger partial charge in [0.05, 0.1) is 19.9 Å². The van der Waals surface area contributed by atoms with Gasteiger partial charge in [-0.3, -0.25) is 0 Å². The van der Waals surface area contributed by atoms with E-state index in [1.807, 2.05) is 24.3 Å². The molecule has 0 aliphatic heterocycles. The molecule has 0 unspecified atom stereocenters. The van der Waals surface area contributed by atoms with Crippen LogP contribution >= 0.6 is 0 Å². The molecule has 0 saturated carbocycles. The summed E-state index contributed by atoms with van der Waals surface area (Å²) in [5.74, 6) is 0.770. The summed E-state index contributed by atoms with van der Waals surface area (Å²) in [5, 5.41) is 8.05. The molecule has 0 fully saturated rings. The first-order valence-corrected chi connectivity index (χ1v) is 7.54. The first kappa shape index (κ1) is 16.4. The molecule has 0 aliphatic rings. The zero-order chi connectivity index (χ0) is 17.6. The molecule has 0 amide bonds. The van der Waals surface area contributed by atoms with Gasteiger partial charge in [0.2, 0.25) is 5.88 Å². The number of hydrogen-bond donors (Lipinski definition) is 0. The Kier molecular flexibility index (Phi) is 4.89. The number of rotatable bonds is 5. The van der Waals surface area contributed by atoms with Crippen LogP contribution < -0.4 is 14.2 Å². The lowest BCUT2D eigenvalue weighted by Crippen LogP contribution is -2.11. The standard InChI is InChI=1S/C19H16N2O4/c1-23-14-9-7-13(8-10-14)16-11-12-18(21-20-16)25-19(22)15-5-3-4-6-17(15)24-2/h3-12H,1-2H3. The van der Waals surface area contributed by atoms with Gasteiger partial charge in [-0.2, -0.15) is 0 Å². The quantitative estimate of drug-likeness (QED) is 0.665. The van der Waals surface area contributed by atoms with Crippen molar-refractivity contribution < 1.29 is 19.0 Å². The van der Waals surface area contributed by atoms with Crippen molar-refractivity contribution in [1.29, 1.82) is 0 Å². The van der Waals surface area contributed by atoms with Gasteiger partial charge in [0.25, 0.3) is 0 Å². The first-order valence-electron chi connectivity index (χ1n) is 7.54. The largest absolute Gasteiger partial charge is 0.497 e. The number of carbonyl (C=O) groups excluding carboxylic acids is 1. The molecule has 126 valence electrons. The zero-order valence-corrected chi connectivity index (χ0v) is 13.8. The molecule has 3 rings (SSSR count). The Bertz CT molecular complexity index is 861. The molecule has 6 nitrogen and oxygen atoms in total. The summed E-state index contributed by atoms with van der Waals surface area (Å²) < 4.78 is 15.5. The van der Waals surface area contributed by atoms with Crippen molar-refractivity contribution in [2.45, 2.75) is 0 Å². The minimum Gasteiger partial charge on any atom is -0.497 e. The Labute approximate surface area is 145 Å². The van der Waals surface area contributed by atoms with Crippen molar-refractivity contribution in [2.75, 3.05) is 14.2 Å². The van der Waals surface area contributed by atoms with E-state index in [2.05, 4.69) is 10.2 Å². The fourth-order valence-electron chi connectivity index (χ4n) is 2.25. The molecule has 0 radical (unpaired) electrons. The third-order valence-electron chi connectivity index (χ3n) is 3.55. The van der Waals surface area contributed by atoms with E-state index in [0.717, 1.165) is 11.3 Å². The van der Waals surface area contributed by atoms with E-state index in [1.54, 1.807) is 43.5 Å². The van der Waals surface area contributed by atoms with Gasteiger partial charge in [0, 0.05) is 11.6 Å². The highest BCUT2D eigenvalue weighted by atomic mass is 16.5. The molecule has 3 aromatic rings. The molecule has 1 aromatic heterocycles. The normalized spacial score (nSPS) is 10.2. The smallest absolute Gasteiger partial charge is 0.348 e. The molecule has 0 atom stereocenters. The molecule has 0 saturated heterocycles. The number of para-hydroxylation sites is 1. The lowest BCUT2D eigenvalue weighted by Gasteiger charge is -2.07. The second kappa shape index (κ2) is 7.44. The Morgan fingerprint density at radius 3 is 2.24 bits per heavy atom. The topological polar surface area (TPSA) is 70.5 Å². The van der Waals surface area contributed by atoms with Crippen LogP contribution in [0, 0.1) is 0 Å². The Hall–Kier alpha value is -3.41. The number of nitrogens with zero attached hydrogens (tertiary/aromatic N) is 2. The van der Waals surface area contributed by atoms with Crippen molar-refractivity contribution in [2.24, 2.45) is 0 Å². The molecule has 0 bridgehead atoms. The van der Waals surface area contributed by atoms with Crippen LogP contribution in [0.15, 0.2) is 60.7 Å². The maximum atomic E-state index is 12.2. The van der Waals surface area contributed by atoms with E-state index >= 15 is 0 Å². The monoisotopic (exact) mass is 336 g/mol. The number of hydrogen-bond acceptors (Lipinski definition) is 6. The van der Waals surface area contributed by atoms with Crippen molar-refractivity contribution in [3.63, 3.8) is 0 Å². The van der Waals surface area contributed by atoms with E-state index < -0.39 is 5.97 Å². The first-order chi connectivity index (χ1) is 12.2. The van der Waals surface area contributed by atoms with E-state index in [4.69, 9.17) is 14.2 Å². The Morgan fingerprint density at radius 2 is 1.60 bits per heavy atom. The van der Waals surface area contributed by atoms with Crippen LogP contribution in [-0.2, 0) is 0 Å². The maximum absolute atomic E-state index is 12.2. The van der Waals surface area contributed by atoms with E-state index in [-0.39, 0.29) is 5.88 Å². The second-order valence-corrected chi connectivity index (χ2v) is 5.08. The summed E-state index contributed by atoms with van der Waals surface area (Å²) in [6.07, 6.45) is 0. The van der Waals surface area contributed by atoms with Crippen molar-refractivity contribution >= 4 is 5.97 Å². The summed E-state index contributed by atoms with van der Waals surface area (Å²) in [6, 6.07) is 17.6. The molecular formula is C19H16N2O4. The number of methoxy groups -OCH3 is 2. The van der Waals surface area contributed by atoms with Gasteiger partial charge in [-0.15, -0.1) is 10.2 Å². The summed E-state index contributed by atoms with van der Waals surface area (Å²) in [5.41, 5.74) is 1.88. The minimum absolute atomic E-state index is 0.119. The second-order valence-electron chi connectivity index (χ2n) is 5.08. The predicted octanol–water partition coefficient (Wildman–Crippen LogP) is 3.38. The van der Waals surface area contributed by atoms with Gasteiger partial charge in [-0.05, 0) is 42.5 Å². The molecule has 0 N–H and O–H groups in total. The number of benzene rings is 2. The highest BCUT2D eigenvalue weighted by molar-refractivity contribution is 5.93. The third-order valence-corrected chi connectivity index (χ3v) is 3.55. The summed E-state index contributed by atoms with van der Waals surface area (Å²) in [6.45, 7) is 0. The van der Waals surface area contributed by atoms with Crippen LogP contribution in [0.4, 0.5) is 0 Å². The third kappa shape index (κ3) is 3.74. The van der Waals surface area contributed by atoms with Crippen molar-refractivity contribution in [3.05, 3.63) is 66.2 Å². The van der Waals surface area contributed by atoms with Crippen LogP contribution in [0.25, 0.3) is 11.3 Å². The van der Waals surface area contributed by atoms with Crippen molar-refractivity contribution in [1.82, 2.24) is 10.2 Å². The SMILES string of the molecule is COc1ccc(-c2ccc(OC(=O)c3ccccc3OC)nn2)cc1. The molecular weight excluding hydrogens is 320 g/mol. The molecule has 6 heteroatoms. The molecule has 2 aromatic carbocycles. The van der Waals surface area contributed by atoms with E-state index in [1.165, 1.54) is 7.11 Å². The van der Waals surface area contributed by atoms with Gasteiger partial charge in [0.1, 0.15) is 17.1 Å². The summed E-state index contributed by atoms with van der Waals surface area (Å²) >= 11 is 0. The van der Waals surface area contributed by atoms with Crippen LogP contribution in [0.3, 0.4) is 0 Å². The molecule has 0 spiro atoms. The predicted molar refractivity (Wildman–Crippen MR) is 92.0 cm³/mol. The average Bonchev–Trinajstić information content (AvgIpc) is 2.68. The fraction of sp³-hybridized carbons (Fsp3) is 0.105. The minimum atomic E-state index is -0.552. The van der Waals surface area contributed by atoms with Crippen LogP contribution in [0.5, 0.6) is 17.4 Å². The number of carbonyl (C=O) groups is 1. The van der Waals surface area contributed by atoms with E-state index in [0.29, 0.717) is 17.0 Å². The maximum Gasteiger partial charge on any atom is 0.348 e. The van der Waals surface area contributed by atoms with Gasteiger partial charge in [-0.25, -0.2) is 4.79 Å². The highest BCUT2D eigenvalue weighted by Gasteiger charge is 2.15. The Balaban J connectivity index is 1.75. The average molecular weight is 336 g/mol. The highest BCUT2D eigenvalue weighted by Crippen LogP contribution is 2.22. The zero-order valence-electron chi connectivity index (χ0n) is 13.8. The lowest BCUT2D eigenvalue weighted by molar-refractivity contribution is 0.0722. The molecule has 0 aliphatic carbocycles. The Morgan fingerprint density at radius 1 is 0.840 bits per heavy atom. The van der Waals surface area contributed by atoms with Gasteiger partial charge >= 0.3 is 5.97 Å². The van der Waals surface area contributed by atoms with Crippen molar-refractivity contribution in [3.8, 4) is 28.6 Å². The van der Waals surface area contributed by atoms with Gasteiger partial charge in [0.15, 0.2) is 0 Å². The van der Waals surface area contributed by atoms with Crippen LogP contribution in [-0.4, -0.2) is 30.4 Å².